The Morgan fingerprint density at radius 3 is 2.90 bits per heavy atom. The number of halogens is 1. The van der Waals surface area contributed by atoms with Gasteiger partial charge in [-0.15, -0.1) is 0 Å². The maximum atomic E-state index is 12.1. The highest BCUT2D eigenvalue weighted by atomic mass is 79.9. The van der Waals surface area contributed by atoms with E-state index in [2.05, 4.69) is 26.6 Å². The Morgan fingerprint density at radius 1 is 1.25 bits per heavy atom. The standard InChI is InChI=1S/C15H13BrN2O2/c16-10-4-5-12-13(7-10)18-15(20)14(12)17-11-3-1-2-9(6-11)8-19/h1-7,14,17,19H,8H2,(H,18,20). The number of amides is 1. The fourth-order valence-corrected chi connectivity index (χ4v) is 2.67. The Kier molecular flexibility index (Phi) is 3.46. The molecule has 20 heavy (non-hydrogen) atoms. The van der Waals surface area contributed by atoms with E-state index in [9.17, 15) is 4.79 Å². The van der Waals surface area contributed by atoms with Gasteiger partial charge in [-0.2, -0.15) is 0 Å². The molecule has 0 bridgehead atoms. The third-order valence-corrected chi connectivity index (χ3v) is 3.76. The topological polar surface area (TPSA) is 61.4 Å². The van der Waals surface area contributed by atoms with Crippen molar-refractivity contribution >= 4 is 33.2 Å². The molecule has 2 aromatic carbocycles. The highest BCUT2D eigenvalue weighted by Gasteiger charge is 2.30. The predicted molar refractivity (Wildman–Crippen MR) is 81.5 cm³/mol. The highest BCUT2D eigenvalue weighted by Crippen LogP contribution is 2.35. The summed E-state index contributed by atoms with van der Waals surface area (Å²) in [4.78, 5) is 12.1. The monoisotopic (exact) mass is 332 g/mol. The van der Waals surface area contributed by atoms with Crippen molar-refractivity contribution < 1.29 is 9.90 Å². The van der Waals surface area contributed by atoms with Gasteiger partial charge in [0.05, 0.1) is 6.61 Å². The maximum Gasteiger partial charge on any atom is 0.251 e. The summed E-state index contributed by atoms with van der Waals surface area (Å²) in [5, 5.41) is 15.2. The number of aliphatic hydroxyl groups is 1. The summed E-state index contributed by atoms with van der Waals surface area (Å²) in [6.45, 7) is -0.0179. The van der Waals surface area contributed by atoms with E-state index in [4.69, 9.17) is 5.11 Å². The zero-order valence-electron chi connectivity index (χ0n) is 10.6. The van der Waals surface area contributed by atoms with Crippen LogP contribution in [0.15, 0.2) is 46.9 Å². The Bertz CT molecular complexity index is 673. The summed E-state index contributed by atoms with van der Waals surface area (Å²) in [5.74, 6) is -0.0764. The average molecular weight is 333 g/mol. The summed E-state index contributed by atoms with van der Waals surface area (Å²) in [6, 6.07) is 12.7. The van der Waals surface area contributed by atoms with Crippen LogP contribution >= 0.6 is 15.9 Å². The van der Waals surface area contributed by atoms with E-state index in [-0.39, 0.29) is 12.5 Å². The number of hydrogen-bond donors (Lipinski definition) is 3. The van der Waals surface area contributed by atoms with Gasteiger partial charge in [0.1, 0.15) is 6.04 Å². The van der Waals surface area contributed by atoms with Gasteiger partial charge in [-0.05, 0) is 29.8 Å². The minimum atomic E-state index is -0.410. The molecule has 0 spiro atoms. The molecule has 1 atom stereocenters. The Hall–Kier alpha value is -1.85. The van der Waals surface area contributed by atoms with E-state index in [1.165, 1.54) is 0 Å². The van der Waals surface area contributed by atoms with Gasteiger partial charge in [0, 0.05) is 21.4 Å². The van der Waals surface area contributed by atoms with Crippen LogP contribution < -0.4 is 10.6 Å². The third-order valence-electron chi connectivity index (χ3n) is 3.27. The lowest BCUT2D eigenvalue weighted by molar-refractivity contribution is -0.116. The van der Waals surface area contributed by atoms with Crippen LogP contribution in [-0.4, -0.2) is 11.0 Å². The van der Waals surface area contributed by atoms with Gasteiger partial charge in [0.25, 0.3) is 5.91 Å². The number of hydrogen-bond acceptors (Lipinski definition) is 3. The van der Waals surface area contributed by atoms with E-state index in [0.717, 1.165) is 27.0 Å². The lowest BCUT2D eigenvalue weighted by Crippen LogP contribution is -2.19. The van der Waals surface area contributed by atoms with Gasteiger partial charge in [0.2, 0.25) is 0 Å². The van der Waals surface area contributed by atoms with Gasteiger partial charge in [-0.3, -0.25) is 4.79 Å². The molecule has 0 saturated heterocycles. The first-order chi connectivity index (χ1) is 9.67. The second-order valence-electron chi connectivity index (χ2n) is 4.66. The lowest BCUT2D eigenvalue weighted by atomic mass is 10.1. The molecular weight excluding hydrogens is 320 g/mol. The zero-order valence-corrected chi connectivity index (χ0v) is 12.1. The third kappa shape index (κ3) is 2.42. The van der Waals surface area contributed by atoms with E-state index in [1.54, 1.807) is 0 Å². The van der Waals surface area contributed by atoms with E-state index < -0.39 is 6.04 Å². The number of nitrogens with one attached hydrogen (secondary N) is 2. The number of carbonyl (C=O) groups excluding carboxylic acids is 1. The second-order valence-corrected chi connectivity index (χ2v) is 5.57. The van der Waals surface area contributed by atoms with Gasteiger partial charge >= 0.3 is 0 Å². The molecule has 0 aromatic heterocycles. The van der Waals surface area contributed by atoms with Crippen LogP contribution in [0.2, 0.25) is 0 Å². The van der Waals surface area contributed by atoms with Crippen molar-refractivity contribution in [1.82, 2.24) is 0 Å². The lowest BCUT2D eigenvalue weighted by Gasteiger charge is -2.13. The normalized spacial score (nSPS) is 16.7. The summed E-state index contributed by atoms with van der Waals surface area (Å²) in [6.07, 6.45) is 0. The van der Waals surface area contributed by atoms with Crippen molar-refractivity contribution in [3.8, 4) is 0 Å². The molecule has 1 heterocycles. The van der Waals surface area contributed by atoms with Crippen LogP contribution in [0.1, 0.15) is 17.2 Å². The molecule has 0 radical (unpaired) electrons. The van der Waals surface area contributed by atoms with Crippen LogP contribution in [0.4, 0.5) is 11.4 Å². The smallest absolute Gasteiger partial charge is 0.251 e. The number of anilines is 2. The molecule has 0 aliphatic carbocycles. The van der Waals surface area contributed by atoms with Gasteiger partial charge < -0.3 is 15.7 Å². The molecule has 1 aliphatic rings. The average Bonchev–Trinajstić information content (AvgIpc) is 2.74. The van der Waals surface area contributed by atoms with E-state index in [0.29, 0.717) is 0 Å². The molecule has 5 heteroatoms. The second kappa shape index (κ2) is 5.26. The summed E-state index contributed by atoms with van der Waals surface area (Å²) in [7, 11) is 0. The first-order valence-electron chi connectivity index (χ1n) is 6.24. The van der Waals surface area contributed by atoms with Gasteiger partial charge in [0.15, 0.2) is 0 Å². The summed E-state index contributed by atoms with van der Waals surface area (Å²) >= 11 is 3.39. The van der Waals surface area contributed by atoms with Crippen molar-refractivity contribution in [3.05, 3.63) is 58.1 Å². The number of benzene rings is 2. The zero-order chi connectivity index (χ0) is 14.1. The Morgan fingerprint density at radius 2 is 2.10 bits per heavy atom. The number of aliphatic hydroxyl groups excluding tert-OH is 1. The van der Waals surface area contributed by atoms with Crippen LogP contribution in [0.3, 0.4) is 0 Å². The molecule has 1 aliphatic heterocycles. The molecule has 1 amide bonds. The fraction of sp³-hybridized carbons (Fsp3) is 0.133. The van der Waals surface area contributed by atoms with Crippen molar-refractivity contribution in [2.24, 2.45) is 0 Å². The van der Waals surface area contributed by atoms with Gasteiger partial charge in [-0.25, -0.2) is 0 Å². The number of fused-ring (bicyclic) bond motifs is 1. The van der Waals surface area contributed by atoms with Crippen LogP contribution in [0.25, 0.3) is 0 Å². The molecule has 2 aromatic rings. The molecule has 0 saturated carbocycles. The van der Waals surface area contributed by atoms with E-state index >= 15 is 0 Å². The molecule has 4 nitrogen and oxygen atoms in total. The summed E-state index contributed by atoms with van der Waals surface area (Å²) < 4.78 is 0.930. The minimum Gasteiger partial charge on any atom is -0.392 e. The minimum absolute atomic E-state index is 0.0179. The summed E-state index contributed by atoms with van der Waals surface area (Å²) in [5.41, 5.74) is 3.37. The molecule has 3 N–H and O–H groups in total. The Balaban J connectivity index is 1.90. The molecule has 3 rings (SSSR count). The van der Waals surface area contributed by atoms with Crippen molar-refractivity contribution in [3.63, 3.8) is 0 Å². The SMILES string of the molecule is O=C1Nc2cc(Br)ccc2C1Nc1cccc(CO)c1. The molecule has 102 valence electrons. The van der Waals surface area contributed by atoms with Gasteiger partial charge in [-0.1, -0.05) is 34.1 Å². The molecular formula is C15H13BrN2O2. The van der Waals surface area contributed by atoms with Crippen LogP contribution in [-0.2, 0) is 11.4 Å². The predicted octanol–water partition coefficient (Wildman–Crippen LogP) is 3.05. The number of carbonyl (C=O) groups is 1. The van der Waals surface area contributed by atoms with Crippen molar-refractivity contribution in [2.45, 2.75) is 12.6 Å². The van der Waals surface area contributed by atoms with Crippen LogP contribution in [0.5, 0.6) is 0 Å². The highest BCUT2D eigenvalue weighted by molar-refractivity contribution is 9.10. The first kappa shape index (κ1) is 13.1. The Labute approximate surface area is 125 Å². The van der Waals surface area contributed by atoms with Crippen molar-refractivity contribution in [2.75, 3.05) is 10.6 Å². The van der Waals surface area contributed by atoms with Crippen molar-refractivity contribution in [1.29, 1.82) is 0 Å². The van der Waals surface area contributed by atoms with E-state index in [1.807, 2.05) is 42.5 Å². The largest absolute Gasteiger partial charge is 0.392 e. The fourth-order valence-electron chi connectivity index (χ4n) is 2.30. The molecule has 0 fully saturated rings. The first-order valence-corrected chi connectivity index (χ1v) is 7.03. The maximum absolute atomic E-state index is 12.1. The quantitative estimate of drug-likeness (QED) is 0.809. The number of rotatable bonds is 3. The molecule has 1 unspecified atom stereocenters. The van der Waals surface area contributed by atoms with Crippen LogP contribution in [0, 0.1) is 0 Å².